The Labute approximate surface area is 130 Å². The van der Waals surface area contributed by atoms with Crippen LogP contribution in [0.3, 0.4) is 0 Å². The van der Waals surface area contributed by atoms with Crippen LogP contribution in [0, 0.1) is 6.92 Å². The lowest BCUT2D eigenvalue weighted by atomic mass is 9.97. The molecule has 4 heteroatoms. The average Bonchev–Trinajstić information content (AvgIpc) is 2.42. The fourth-order valence-electron chi connectivity index (χ4n) is 2.29. The van der Waals surface area contributed by atoms with Crippen LogP contribution < -0.4 is 5.32 Å². The van der Waals surface area contributed by atoms with E-state index in [4.69, 9.17) is 23.2 Å². The molecule has 20 heavy (non-hydrogen) atoms. The second kappa shape index (κ2) is 7.07. The van der Waals surface area contributed by atoms with Gasteiger partial charge in [0.15, 0.2) is 0 Å². The molecule has 1 aromatic carbocycles. The first kappa shape index (κ1) is 15.3. The largest absolute Gasteiger partial charge is 0.310 e. The molecule has 2 nitrogen and oxygen atoms in total. The summed E-state index contributed by atoms with van der Waals surface area (Å²) in [6.07, 6.45) is 4.56. The van der Waals surface area contributed by atoms with Gasteiger partial charge in [-0.25, -0.2) is 0 Å². The Kier molecular flexibility index (Phi) is 5.41. The molecule has 106 valence electrons. The maximum absolute atomic E-state index is 6.27. The predicted octanol–water partition coefficient (Wildman–Crippen LogP) is 4.59. The van der Waals surface area contributed by atoms with Gasteiger partial charge in [0.25, 0.3) is 0 Å². The number of hydrogen-bond acceptors (Lipinski definition) is 2. The molecule has 2 rings (SSSR count). The van der Waals surface area contributed by atoms with Crippen molar-refractivity contribution in [3.63, 3.8) is 0 Å². The zero-order valence-corrected chi connectivity index (χ0v) is 13.2. The number of rotatable bonds is 5. The standard InChI is InChI=1S/C16H18Cl2N2/c1-3-20-16(14-10-19-7-6-11(14)2)8-12-4-5-13(17)9-15(12)18/h4-7,9-10,16,20H,3,8H2,1-2H3. The SMILES string of the molecule is CCNC(Cc1ccc(Cl)cc1Cl)c1cnccc1C. The number of hydrogen-bond donors (Lipinski definition) is 1. The van der Waals surface area contributed by atoms with Gasteiger partial charge in [0.05, 0.1) is 0 Å². The first-order chi connectivity index (χ1) is 9.61. The number of halogens is 2. The van der Waals surface area contributed by atoms with E-state index in [-0.39, 0.29) is 6.04 Å². The Morgan fingerprint density at radius 1 is 1.25 bits per heavy atom. The van der Waals surface area contributed by atoms with Crippen molar-refractivity contribution in [1.29, 1.82) is 0 Å². The third-order valence-electron chi connectivity index (χ3n) is 3.34. The Balaban J connectivity index is 2.28. The molecular weight excluding hydrogens is 291 g/mol. The van der Waals surface area contributed by atoms with Crippen molar-refractivity contribution in [2.75, 3.05) is 6.54 Å². The van der Waals surface area contributed by atoms with Gasteiger partial charge in [0.2, 0.25) is 0 Å². The van der Waals surface area contributed by atoms with Crippen LogP contribution in [0.25, 0.3) is 0 Å². The predicted molar refractivity (Wildman–Crippen MR) is 85.6 cm³/mol. The zero-order valence-electron chi connectivity index (χ0n) is 11.7. The van der Waals surface area contributed by atoms with Gasteiger partial charge in [0.1, 0.15) is 0 Å². The summed E-state index contributed by atoms with van der Waals surface area (Å²) >= 11 is 12.2. The Bertz CT molecular complexity index is 584. The highest BCUT2D eigenvalue weighted by atomic mass is 35.5. The van der Waals surface area contributed by atoms with E-state index in [1.165, 1.54) is 11.1 Å². The van der Waals surface area contributed by atoms with E-state index in [9.17, 15) is 0 Å². The number of aryl methyl sites for hydroxylation is 1. The van der Waals surface area contributed by atoms with Gasteiger partial charge >= 0.3 is 0 Å². The van der Waals surface area contributed by atoms with Gasteiger partial charge in [-0.15, -0.1) is 0 Å². The van der Waals surface area contributed by atoms with Crippen molar-refractivity contribution >= 4 is 23.2 Å². The summed E-state index contributed by atoms with van der Waals surface area (Å²) in [5.74, 6) is 0. The Morgan fingerprint density at radius 2 is 2.05 bits per heavy atom. The summed E-state index contributed by atoms with van der Waals surface area (Å²) in [5, 5.41) is 4.87. The summed E-state index contributed by atoms with van der Waals surface area (Å²) in [7, 11) is 0. The number of pyridine rings is 1. The summed E-state index contributed by atoms with van der Waals surface area (Å²) < 4.78 is 0. The first-order valence-corrected chi connectivity index (χ1v) is 7.45. The average molecular weight is 309 g/mol. The van der Waals surface area contributed by atoms with E-state index < -0.39 is 0 Å². The third-order valence-corrected chi connectivity index (χ3v) is 3.93. The van der Waals surface area contributed by atoms with E-state index in [0.717, 1.165) is 18.5 Å². The van der Waals surface area contributed by atoms with Gasteiger partial charge in [0, 0.05) is 28.5 Å². The number of nitrogens with zero attached hydrogens (tertiary/aromatic N) is 1. The molecule has 0 saturated heterocycles. The molecule has 1 unspecified atom stereocenters. The van der Waals surface area contributed by atoms with Crippen molar-refractivity contribution in [3.05, 3.63) is 63.4 Å². The molecule has 0 aliphatic carbocycles. The highest BCUT2D eigenvalue weighted by Crippen LogP contribution is 2.27. The lowest BCUT2D eigenvalue weighted by molar-refractivity contribution is 0.546. The molecule has 0 radical (unpaired) electrons. The molecule has 0 bridgehead atoms. The molecule has 0 amide bonds. The summed E-state index contributed by atoms with van der Waals surface area (Å²) in [6.45, 7) is 5.09. The van der Waals surface area contributed by atoms with Crippen molar-refractivity contribution in [1.82, 2.24) is 10.3 Å². The number of benzene rings is 1. The molecule has 0 aliphatic heterocycles. The Morgan fingerprint density at radius 3 is 2.70 bits per heavy atom. The van der Waals surface area contributed by atoms with E-state index in [2.05, 4.69) is 24.1 Å². The van der Waals surface area contributed by atoms with Crippen molar-refractivity contribution in [2.45, 2.75) is 26.3 Å². The van der Waals surface area contributed by atoms with E-state index in [1.807, 2.05) is 30.6 Å². The topological polar surface area (TPSA) is 24.9 Å². The van der Waals surface area contributed by atoms with E-state index >= 15 is 0 Å². The quantitative estimate of drug-likeness (QED) is 0.874. The highest BCUT2D eigenvalue weighted by molar-refractivity contribution is 6.35. The molecule has 1 N–H and O–H groups in total. The summed E-state index contributed by atoms with van der Waals surface area (Å²) in [6, 6.07) is 7.89. The third kappa shape index (κ3) is 3.72. The lowest BCUT2D eigenvalue weighted by Gasteiger charge is -2.20. The van der Waals surface area contributed by atoms with Gasteiger partial charge in [-0.3, -0.25) is 4.98 Å². The molecule has 1 aromatic heterocycles. The highest BCUT2D eigenvalue weighted by Gasteiger charge is 2.15. The minimum Gasteiger partial charge on any atom is -0.310 e. The Hall–Kier alpha value is -1.09. The minimum absolute atomic E-state index is 0.201. The van der Waals surface area contributed by atoms with Crippen LogP contribution >= 0.6 is 23.2 Å². The van der Waals surface area contributed by atoms with Crippen LogP contribution in [0.5, 0.6) is 0 Å². The van der Waals surface area contributed by atoms with Crippen LogP contribution in [-0.2, 0) is 6.42 Å². The second-order valence-corrected chi connectivity index (χ2v) is 5.63. The molecule has 0 fully saturated rings. The van der Waals surface area contributed by atoms with Crippen LogP contribution in [0.4, 0.5) is 0 Å². The molecule has 1 heterocycles. The fourth-order valence-corrected chi connectivity index (χ4v) is 2.77. The van der Waals surface area contributed by atoms with Crippen molar-refractivity contribution in [3.8, 4) is 0 Å². The van der Waals surface area contributed by atoms with Crippen LogP contribution in [0.1, 0.15) is 29.7 Å². The minimum atomic E-state index is 0.201. The lowest BCUT2D eigenvalue weighted by Crippen LogP contribution is -2.24. The van der Waals surface area contributed by atoms with E-state index in [0.29, 0.717) is 10.0 Å². The molecule has 1 atom stereocenters. The zero-order chi connectivity index (χ0) is 14.5. The summed E-state index contributed by atoms with van der Waals surface area (Å²) in [5.41, 5.74) is 3.53. The van der Waals surface area contributed by atoms with Crippen LogP contribution in [0.15, 0.2) is 36.7 Å². The van der Waals surface area contributed by atoms with Gasteiger partial charge in [-0.1, -0.05) is 36.2 Å². The van der Waals surface area contributed by atoms with E-state index in [1.54, 1.807) is 6.07 Å². The molecule has 0 saturated carbocycles. The fraction of sp³-hybridized carbons (Fsp3) is 0.312. The van der Waals surface area contributed by atoms with Crippen molar-refractivity contribution in [2.24, 2.45) is 0 Å². The van der Waals surface area contributed by atoms with Crippen molar-refractivity contribution < 1.29 is 0 Å². The monoisotopic (exact) mass is 308 g/mol. The second-order valence-electron chi connectivity index (χ2n) is 4.78. The molecular formula is C16H18Cl2N2. The smallest absolute Gasteiger partial charge is 0.0453 e. The van der Waals surface area contributed by atoms with Gasteiger partial charge in [-0.2, -0.15) is 0 Å². The van der Waals surface area contributed by atoms with Crippen LogP contribution in [-0.4, -0.2) is 11.5 Å². The van der Waals surface area contributed by atoms with Gasteiger partial charge < -0.3 is 5.32 Å². The molecule has 0 aliphatic rings. The maximum atomic E-state index is 6.27. The van der Waals surface area contributed by atoms with Crippen LogP contribution in [0.2, 0.25) is 10.0 Å². The number of nitrogens with one attached hydrogen (secondary N) is 1. The number of aromatic nitrogens is 1. The summed E-state index contributed by atoms with van der Waals surface area (Å²) in [4.78, 5) is 4.23. The molecule has 2 aromatic rings. The first-order valence-electron chi connectivity index (χ1n) is 6.69. The number of likely N-dealkylation sites (N-methyl/N-ethyl adjacent to an activating group) is 1. The molecule has 0 spiro atoms. The maximum Gasteiger partial charge on any atom is 0.0453 e. The normalized spacial score (nSPS) is 12.4. The van der Waals surface area contributed by atoms with Gasteiger partial charge in [-0.05, 0) is 54.8 Å².